The molecule has 1 saturated heterocycles. The third kappa shape index (κ3) is 5.55. The molecule has 1 fully saturated rings. The molecule has 0 saturated carbocycles. The molecule has 1 N–H and O–H groups in total. The lowest BCUT2D eigenvalue weighted by Gasteiger charge is -2.19. The monoisotopic (exact) mass is 491 g/mol. The summed E-state index contributed by atoms with van der Waals surface area (Å²) in [5, 5.41) is 12.2. The van der Waals surface area contributed by atoms with Crippen molar-refractivity contribution in [1.82, 2.24) is 5.32 Å². The molecule has 1 aliphatic rings. The topological polar surface area (TPSA) is 95.6 Å². The molecule has 2 amide bonds. The van der Waals surface area contributed by atoms with Gasteiger partial charge in [0.1, 0.15) is 34.0 Å². The van der Waals surface area contributed by atoms with Crippen LogP contribution in [0.5, 0.6) is 5.75 Å². The van der Waals surface area contributed by atoms with Gasteiger partial charge in [0, 0.05) is 5.69 Å². The summed E-state index contributed by atoms with van der Waals surface area (Å²) in [5.41, 5.74) is 1.10. The number of thioether (sulfide) groups is 1. The minimum Gasteiger partial charge on any atom is -0.494 e. The highest BCUT2D eigenvalue weighted by Crippen LogP contribution is 2.42. The van der Waals surface area contributed by atoms with E-state index in [1.165, 1.54) is 23.3 Å². The van der Waals surface area contributed by atoms with E-state index in [9.17, 15) is 19.2 Å². The van der Waals surface area contributed by atoms with Crippen LogP contribution in [0.3, 0.4) is 0 Å². The van der Waals surface area contributed by atoms with Gasteiger partial charge in [0.25, 0.3) is 5.91 Å². The average Bonchev–Trinajstić information content (AvgIpc) is 3.49. The maximum atomic E-state index is 13.5. The van der Waals surface area contributed by atoms with Gasteiger partial charge in [-0.15, -0.1) is 0 Å². The van der Waals surface area contributed by atoms with Crippen molar-refractivity contribution < 1.29 is 23.1 Å². The van der Waals surface area contributed by atoms with Crippen LogP contribution in [0.4, 0.5) is 10.1 Å². The van der Waals surface area contributed by atoms with Crippen LogP contribution in [0.25, 0.3) is 0 Å². The van der Waals surface area contributed by atoms with Crippen LogP contribution in [-0.4, -0.2) is 23.7 Å². The van der Waals surface area contributed by atoms with E-state index in [1.807, 2.05) is 13.0 Å². The van der Waals surface area contributed by atoms with Crippen LogP contribution in [0.15, 0.2) is 81.9 Å². The van der Waals surface area contributed by atoms with Gasteiger partial charge in [0.05, 0.1) is 24.7 Å². The first-order valence-corrected chi connectivity index (χ1v) is 11.8. The largest absolute Gasteiger partial charge is 0.494 e. The number of nitrogens with one attached hydrogen (secondary N) is 1. The Labute approximate surface area is 206 Å². The summed E-state index contributed by atoms with van der Waals surface area (Å²) in [5.74, 6) is -0.0765. The highest BCUT2D eigenvalue weighted by molar-refractivity contribution is 8.05. The summed E-state index contributed by atoms with van der Waals surface area (Å²) >= 11 is 1.14. The molecule has 9 heteroatoms. The van der Waals surface area contributed by atoms with Crippen LogP contribution in [0.1, 0.15) is 18.2 Å². The molecular weight excluding hydrogens is 469 g/mol. The first-order chi connectivity index (χ1) is 17.0. The van der Waals surface area contributed by atoms with E-state index in [1.54, 1.807) is 48.5 Å². The second-order valence-electron chi connectivity index (χ2n) is 7.59. The van der Waals surface area contributed by atoms with E-state index in [2.05, 4.69) is 5.32 Å². The molecule has 0 bridgehead atoms. The SMILES string of the molecule is CCOc1ccc(N2C(=O)C(Cc3ccc(F)cc3)S/C2=C(/C#N)C(=O)NCc2ccco2)cc1. The van der Waals surface area contributed by atoms with Gasteiger partial charge >= 0.3 is 0 Å². The first kappa shape index (κ1) is 24.1. The Morgan fingerprint density at radius 3 is 2.57 bits per heavy atom. The maximum Gasteiger partial charge on any atom is 0.265 e. The Kier molecular flexibility index (Phi) is 7.53. The summed E-state index contributed by atoms with van der Waals surface area (Å²) in [4.78, 5) is 27.8. The average molecular weight is 492 g/mol. The Morgan fingerprint density at radius 1 is 1.20 bits per heavy atom. The lowest BCUT2D eigenvalue weighted by Crippen LogP contribution is -2.32. The summed E-state index contributed by atoms with van der Waals surface area (Å²) in [6.07, 6.45) is 1.80. The number of carbonyl (C=O) groups is 2. The summed E-state index contributed by atoms with van der Waals surface area (Å²) in [7, 11) is 0. The standard InChI is InChI=1S/C26H22FN3O4S/c1-2-33-20-11-9-19(10-12-20)30-25(32)23(14-17-5-7-18(27)8-6-17)35-26(30)22(15-28)24(31)29-16-21-4-3-13-34-21/h3-13,23H,2,14,16H2,1H3,(H,29,31)/b26-22-. The summed E-state index contributed by atoms with van der Waals surface area (Å²) in [6, 6.07) is 18.2. The van der Waals surface area contributed by atoms with Crippen molar-refractivity contribution in [3.8, 4) is 11.8 Å². The highest BCUT2D eigenvalue weighted by Gasteiger charge is 2.40. The molecular formula is C26H22FN3O4S. The number of hydrogen-bond donors (Lipinski definition) is 1. The zero-order valence-electron chi connectivity index (χ0n) is 18.9. The van der Waals surface area contributed by atoms with Crippen molar-refractivity contribution >= 4 is 29.3 Å². The van der Waals surface area contributed by atoms with E-state index in [0.29, 0.717) is 30.2 Å². The molecule has 0 radical (unpaired) electrons. The molecule has 7 nitrogen and oxygen atoms in total. The fourth-order valence-corrected chi connectivity index (χ4v) is 4.89. The van der Waals surface area contributed by atoms with Gasteiger partial charge in [0.2, 0.25) is 5.91 Å². The second-order valence-corrected chi connectivity index (χ2v) is 8.78. The number of anilines is 1. The van der Waals surface area contributed by atoms with Gasteiger partial charge in [0.15, 0.2) is 0 Å². The number of carbonyl (C=O) groups excluding carboxylic acids is 2. The van der Waals surface area contributed by atoms with Crippen molar-refractivity contribution in [2.45, 2.75) is 25.1 Å². The van der Waals surface area contributed by atoms with Crippen molar-refractivity contribution in [1.29, 1.82) is 5.26 Å². The second kappa shape index (κ2) is 10.9. The molecule has 4 rings (SSSR count). The molecule has 178 valence electrons. The highest BCUT2D eigenvalue weighted by atomic mass is 32.2. The Morgan fingerprint density at radius 2 is 1.94 bits per heavy atom. The Hall–Kier alpha value is -4.03. The quantitative estimate of drug-likeness (QED) is 0.367. The van der Waals surface area contributed by atoms with E-state index in [-0.39, 0.29) is 28.9 Å². The van der Waals surface area contributed by atoms with E-state index < -0.39 is 11.2 Å². The fraction of sp³-hybridized carbons (Fsp3) is 0.192. The molecule has 2 aromatic carbocycles. The fourth-order valence-electron chi connectivity index (χ4n) is 3.58. The van der Waals surface area contributed by atoms with Gasteiger partial charge in [-0.25, -0.2) is 4.39 Å². The number of furan rings is 1. The molecule has 1 atom stereocenters. The number of rotatable bonds is 8. The number of nitriles is 1. The molecule has 3 aromatic rings. The Balaban J connectivity index is 1.67. The Bertz CT molecular complexity index is 1270. The summed E-state index contributed by atoms with van der Waals surface area (Å²) < 4.78 is 24.1. The van der Waals surface area contributed by atoms with Gasteiger partial charge in [-0.3, -0.25) is 14.5 Å². The molecule has 35 heavy (non-hydrogen) atoms. The summed E-state index contributed by atoms with van der Waals surface area (Å²) in [6.45, 7) is 2.47. The normalized spacial score (nSPS) is 16.7. The van der Waals surface area contributed by atoms with Crippen LogP contribution in [0.2, 0.25) is 0 Å². The van der Waals surface area contributed by atoms with Gasteiger partial charge in [-0.2, -0.15) is 5.26 Å². The first-order valence-electron chi connectivity index (χ1n) is 10.9. The van der Waals surface area contributed by atoms with Gasteiger partial charge in [-0.05, 0) is 67.4 Å². The smallest absolute Gasteiger partial charge is 0.265 e. The number of halogens is 1. The number of ether oxygens (including phenoxy) is 1. The predicted molar refractivity (Wildman–Crippen MR) is 130 cm³/mol. The third-order valence-electron chi connectivity index (χ3n) is 5.25. The minimum absolute atomic E-state index is 0.102. The lowest BCUT2D eigenvalue weighted by molar-refractivity contribution is -0.117. The number of benzene rings is 2. The van der Waals surface area contributed by atoms with Gasteiger partial charge in [-0.1, -0.05) is 23.9 Å². The van der Waals surface area contributed by atoms with Crippen LogP contribution in [-0.2, 0) is 22.6 Å². The maximum absolute atomic E-state index is 13.5. The van der Waals surface area contributed by atoms with Crippen molar-refractivity contribution in [2.75, 3.05) is 11.5 Å². The lowest BCUT2D eigenvalue weighted by atomic mass is 10.1. The number of amides is 2. The number of hydrogen-bond acceptors (Lipinski definition) is 6. The van der Waals surface area contributed by atoms with E-state index in [0.717, 1.165) is 17.3 Å². The molecule has 0 spiro atoms. The zero-order valence-corrected chi connectivity index (χ0v) is 19.7. The van der Waals surface area contributed by atoms with Crippen molar-refractivity contribution in [2.24, 2.45) is 0 Å². The van der Waals surface area contributed by atoms with Crippen LogP contribution < -0.4 is 15.0 Å². The van der Waals surface area contributed by atoms with Crippen LogP contribution in [0, 0.1) is 17.1 Å². The third-order valence-corrected chi connectivity index (χ3v) is 6.51. The molecule has 0 aliphatic carbocycles. The minimum atomic E-state index is -0.613. The molecule has 2 heterocycles. The van der Waals surface area contributed by atoms with Crippen LogP contribution >= 0.6 is 11.8 Å². The molecule has 1 aliphatic heterocycles. The zero-order chi connectivity index (χ0) is 24.8. The van der Waals surface area contributed by atoms with E-state index >= 15 is 0 Å². The van der Waals surface area contributed by atoms with Crippen molar-refractivity contribution in [3.05, 3.63) is 94.7 Å². The van der Waals surface area contributed by atoms with Crippen molar-refractivity contribution in [3.63, 3.8) is 0 Å². The molecule has 1 unspecified atom stereocenters. The molecule has 1 aromatic heterocycles. The van der Waals surface area contributed by atoms with Gasteiger partial charge < -0.3 is 14.5 Å². The van der Waals surface area contributed by atoms with E-state index in [4.69, 9.17) is 9.15 Å². The number of nitrogens with zero attached hydrogens (tertiary/aromatic N) is 2. The predicted octanol–water partition coefficient (Wildman–Crippen LogP) is 4.56.